The minimum absolute atomic E-state index is 0.0782. The summed E-state index contributed by atoms with van der Waals surface area (Å²) in [7, 11) is 1.66. The first-order chi connectivity index (χ1) is 9.58. The van der Waals surface area contributed by atoms with Crippen molar-refractivity contribution in [3.05, 3.63) is 53.6 Å². The third kappa shape index (κ3) is 3.42. The minimum atomic E-state index is -0.192. The van der Waals surface area contributed by atoms with E-state index in [1.165, 1.54) is 4.90 Å². The molecule has 2 aromatic rings. The average Bonchev–Trinajstić information content (AvgIpc) is 2.44. The molecule has 0 aliphatic carbocycles. The molecule has 0 radical (unpaired) electrons. The van der Waals surface area contributed by atoms with E-state index in [-0.39, 0.29) is 12.5 Å². The molecule has 0 saturated heterocycles. The molecule has 0 atom stereocenters. The zero-order chi connectivity index (χ0) is 14.5. The molecule has 20 heavy (non-hydrogen) atoms. The van der Waals surface area contributed by atoms with Gasteiger partial charge >= 0.3 is 0 Å². The Balaban J connectivity index is 2.00. The Morgan fingerprint density at radius 1 is 1.25 bits per heavy atom. The molecule has 0 fully saturated rings. The first kappa shape index (κ1) is 14.2. The van der Waals surface area contributed by atoms with Crippen molar-refractivity contribution in [3.63, 3.8) is 0 Å². The number of carbonyl (C=O) groups excluding carboxylic acids is 1. The van der Waals surface area contributed by atoms with E-state index in [9.17, 15) is 4.79 Å². The average molecular weight is 291 g/mol. The van der Waals surface area contributed by atoms with Crippen molar-refractivity contribution < 1.29 is 9.53 Å². The van der Waals surface area contributed by atoms with Crippen molar-refractivity contribution in [2.75, 3.05) is 24.3 Å². The van der Waals surface area contributed by atoms with E-state index in [4.69, 9.17) is 22.1 Å². The second-order valence-corrected chi connectivity index (χ2v) is 4.69. The number of anilines is 2. The molecule has 0 aromatic heterocycles. The van der Waals surface area contributed by atoms with Crippen molar-refractivity contribution in [1.82, 2.24) is 0 Å². The molecule has 2 N–H and O–H groups in total. The van der Waals surface area contributed by atoms with E-state index < -0.39 is 0 Å². The van der Waals surface area contributed by atoms with Crippen LogP contribution in [0.5, 0.6) is 5.75 Å². The van der Waals surface area contributed by atoms with E-state index in [2.05, 4.69) is 0 Å². The highest BCUT2D eigenvalue weighted by Gasteiger charge is 2.13. The third-order valence-corrected chi connectivity index (χ3v) is 3.07. The molecule has 0 aliphatic rings. The number of nitrogens with two attached hydrogens (primary N) is 1. The second-order valence-electron chi connectivity index (χ2n) is 4.26. The molecule has 0 bridgehead atoms. The quantitative estimate of drug-likeness (QED) is 0.881. The molecule has 0 heterocycles. The van der Waals surface area contributed by atoms with E-state index in [1.54, 1.807) is 43.4 Å². The van der Waals surface area contributed by atoms with Crippen LogP contribution in [0.25, 0.3) is 0 Å². The van der Waals surface area contributed by atoms with Gasteiger partial charge in [0.1, 0.15) is 5.75 Å². The Kier molecular flexibility index (Phi) is 4.48. The number of carbonyl (C=O) groups is 1. The number of hydrogen-bond donors (Lipinski definition) is 1. The first-order valence-electron chi connectivity index (χ1n) is 6.07. The maximum Gasteiger partial charge on any atom is 0.264 e. The number of benzene rings is 2. The number of halogens is 1. The minimum Gasteiger partial charge on any atom is -0.484 e. The molecular weight excluding hydrogens is 276 g/mol. The van der Waals surface area contributed by atoms with Crippen LogP contribution in [-0.4, -0.2) is 19.6 Å². The first-order valence-corrected chi connectivity index (χ1v) is 6.45. The number of amides is 1. The lowest BCUT2D eigenvalue weighted by atomic mass is 10.2. The lowest BCUT2D eigenvalue weighted by Crippen LogP contribution is -2.31. The van der Waals surface area contributed by atoms with Crippen molar-refractivity contribution in [1.29, 1.82) is 0 Å². The van der Waals surface area contributed by atoms with Gasteiger partial charge in [0, 0.05) is 12.1 Å². The predicted octanol–water partition coefficient (Wildman–Crippen LogP) is 2.96. The van der Waals surface area contributed by atoms with Gasteiger partial charge < -0.3 is 15.4 Å². The van der Waals surface area contributed by atoms with Crippen LogP contribution in [0.15, 0.2) is 48.5 Å². The number of para-hydroxylation sites is 2. The highest BCUT2D eigenvalue weighted by Crippen LogP contribution is 2.21. The Labute approximate surface area is 122 Å². The Hall–Kier alpha value is -2.20. The summed E-state index contributed by atoms with van der Waals surface area (Å²) in [6, 6.07) is 14.1. The molecular formula is C15H15ClN2O2. The van der Waals surface area contributed by atoms with Gasteiger partial charge in [0.05, 0.1) is 11.4 Å². The fraction of sp³-hybridized carbons (Fsp3) is 0.133. The van der Waals surface area contributed by atoms with Gasteiger partial charge in [-0.3, -0.25) is 4.79 Å². The maximum absolute atomic E-state index is 12.1. The van der Waals surface area contributed by atoms with Gasteiger partial charge in [-0.1, -0.05) is 29.8 Å². The van der Waals surface area contributed by atoms with E-state index in [0.29, 0.717) is 22.1 Å². The Bertz CT molecular complexity index is 616. The van der Waals surface area contributed by atoms with Gasteiger partial charge in [0.15, 0.2) is 6.61 Å². The molecule has 104 valence electrons. The molecule has 2 aromatic carbocycles. The van der Waals surface area contributed by atoms with Gasteiger partial charge in [-0.2, -0.15) is 0 Å². The van der Waals surface area contributed by atoms with Crippen LogP contribution in [-0.2, 0) is 4.79 Å². The highest BCUT2D eigenvalue weighted by molar-refractivity contribution is 6.30. The molecule has 4 nitrogen and oxygen atoms in total. The standard InChI is InChI=1S/C15H15ClN2O2/c1-18(14-8-3-2-7-13(14)17)15(19)10-20-12-6-4-5-11(16)9-12/h2-9H,10,17H2,1H3. The van der Waals surface area contributed by atoms with Crippen LogP contribution in [0.1, 0.15) is 0 Å². The van der Waals surface area contributed by atoms with Crippen molar-refractivity contribution in [3.8, 4) is 5.75 Å². The Morgan fingerprint density at radius 2 is 2.00 bits per heavy atom. The largest absolute Gasteiger partial charge is 0.484 e. The zero-order valence-corrected chi connectivity index (χ0v) is 11.8. The van der Waals surface area contributed by atoms with Crippen molar-refractivity contribution in [2.45, 2.75) is 0 Å². The number of rotatable bonds is 4. The van der Waals surface area contributed by atoms with Gasteiger partial charge in [-0.25, -0.2) is 0 Å². The molecule has 1 amide bonds. The number of likely N-dealkylation sites (N-methyl/N-ethyl adjacent to an activating group) is 1. The smallest absolute Gasteiger partial charge is 0.264 e. The summed E-state index contributed by atoms with van der Waals surface area (Å²) in [4.78, 5) is 13.5. The van der Waals surface area contributed by atoms with Crippen LogP contribution in [0.2, 0.25) is 5.02 Å². The summed E-state index contributed by atoms with van der Waals surface area (Å²) in [6.07, 6.45) is 0. The van der Waals surface area contributed by atoms with E-state index >= 15 is 0 Å². The molecule has 0 spiro atoms. The molecule has 0 aliphatic heterocycles. The van der Waals surface area contributed by atoms with E-state index in [1.807, 2.05) is 12.1 Å². The molecule has 5 heteroatoms. The van der Waals surface area contributed by atoms with Crippen LogP contribution in [0.4, 0.5) is 11.4 Å². The number of ether oxygens (including phenoxy) is 1. The van der Waals surface area contributed by atoms with Crippen LogP contribution in [0, 0.1) is 0 Å². The van der Waals surface area contributed by atoms with Gasteiger partial charge in [-0.05, 0) is 30.3 Å². The summed E-state index contributed by atoms with van der Waals surface area (Å²) >= 11 is 5.85. The van der Waals surface area contributed by atoms with Gasteiger partial charge in [0.25, 0.3) is 5.91 Å². The summed E-state index contributed by atoms with van der Waals surface area (Å²) in [5.74, 6) is 0.364. The predicted molar refractivity (Wildman–Crippen MR) is 81.2 cm³/mol. The number of hydrogen-bond acceptors (Lipinski definition) is 3. The SMILES string of the molecule is CN(C(=O)COc1cccc(Cl)c1)c1ccccc1N. The van der Waals surface area contributed by atoms with Crippen LogP contribution >= 0.6 is 11.6 Å². The summed E-state index contributed by atoms with van der Waals surface area (Å²) in [6.45, 7) is -0.0782. The molecule has 0 unspecified atom stereocenters. The number of nitrogens with zero attached hydrogens (tertiary/aromatic N) is 1. The maximum atomic E-state index is 12.1. The zero-order valence-electron chi connectivity index (χ0n) is 11.0. The second kappa shape index (κ2) is 6.30. The van der Waals surface area contributed by atoms with Gasteiger partial charge in [0.2, 0.25) is 0 Å². The highest BCUT2D eigenvalue weighted by atomic mass is 35.5. The molecule has 2 rings (SSSR count). The Morgan fingerprint density at radius 3 is 2.70 bits per heavy atom. The fourth-order valence-corrected chi connectivity index (χ4v) is 1.91. The summed E-state index contributed by atoms with van der Waals surface area (Å²) in [5, 5.41) is 0.565. The van der Waals surface area contributed by atoms with Crippen molar-refractivity contribution in [2.24, 2.45) is 0 Å². The number of nitrogen functional groups attached to an aromatic ring is 1. The molecule has 0 saturated carbocycles. The lowest BCUT2D eigenvalue weighted by molar-refractivity contribution is -0.120. The van der Waals surface area contributed by atoms with E-state index in [0.717, 1.165) is 0 Å². The van der Waals surface area contributed by atoms with Crippen LogP contribution in [0.3, 0.4) is 0 Å². The summed E-state index contributed by atoms with van der Waals surface area (Å²) < 4.78 is 5.41. The fourth-order valence-electron chi connectivity index (χ4n) is 1.73. The third-order valence-electron chi connectivity index (χ3n) is 2.83. The monoisotopic (exact) mass is 290 g/mol. The van der Waals surface area contributed by atoms with Gasteiger partial charge in [-0.15, -0.1) is 0 Å². The summed E-state index contributed by atoms with van der Waals surface area (Å²) in [5.41, 5.74) is 7.04. The normalized spacial score (nSPS) is 10.1. The van der Waals surface area contributed by atoms with Crippen molar-refractivity contribution >= 4 is 28.9 Å². The van der Waals surface area contributed by atoms with Crippen LogP contribution < -0.4 is 15.4 Å². The topological polar surface area (TPSA) is 55.6 Å². The lowest BCUT2D eigenvalue weighted by Gasteiger charge is -2.19.